The van der Waals surface area contributed by atoms with Gasteiger partial charge in [0.1, 0.15) is 29.0 Å². The van der Waals surface area contributed by atoms with E-state index in [0.717, 1.165) is 10.4 Å². The van der Waals surface area contributed by atoms with Crippen LogP contribution in [0.2, 0.25) is 5.02 Å². The average molecular weight is 464 g/mol. The molecule has 0 saturated carbocycles. The number of rotatable bonds is 6. The maximum absolute atomic E-state index is 13.1. The number of benzene rings is 2. The standard InChI is InChI=1S/C24H15ClFN3O2S/c25-21-4-2-1-3-16(21)12-20-14-28-24(32-20)29-23(30)17(13-27)11-19-9-10-22(31-19)15-5-7-18(26)8-6-15/h1-11,14H,12H2,(H,28,29,30). The zero-order valence-electron chi connectivity index (χ0n) is 16.5. The van der Waals surface area contributed by atoms with Gasteiger partial charge >= 0.3 is 0 Å². The molecule has 0 spiro atoms. The summed E-state index contributed by atoms with van der Waals surface area (Å²) in [5.41, 5.74) is 1.51. The second-order valence-electron chi connectivity index (χ2n) is 6.73. The van der Waals surface area contributed by atoms with E-state index in [1.165, 1.54) is 29.5 Å². The molecule has 32 heavy (non-hydrogen) atoms. The van der Waals surface area contributed by atoms with Gasteiger partial charge in [0, 0.05) is 34.2 Å². The van der Waals surface area contributed by atoms with Crippen LogP contribution in [0, 0.1) is 17.1 Å². The number of anilines is 1. The molecule has 0 bridgehead atoms. The van der Waals surface area contributed by atoms with Gasteiger partial charge in [0.2, 0.25) is 0 Å². The molecule has 1 N–H and O–H groups in total. The lowest BCUT2D eigenvalue weighted by atomic mass is 10.1. The molecule has 0 saturated heterocycles. The van der Waals surface area contributed by atoms with Crippen molar-refractivity contribution in [1.82, 2.24) is 4.98 Å². The van der Waals surface area contributed by atoms with Gasteiger partial charge in [-0.1, -0.05) is 29.8 Å². The molecule has 2 heterocycles. The summed E-state index contributed by atoms with van der Waals surface area (Å²) in [5.74, 6) is -0.111. The average Bonchev–Trinajstić information content (AvgIpc) is 3.43. The van der Waals surface area contributed by atoms with Gasteiger partial charge in [-0.2, -0.15) is 5.26 Å². The topological polar surface area (TPSA) is 78.9 Å². The van der Waals surface area contributed by atoms with Crippen LogP contribution in [0.3, 0.4) is 0 Å². The van der Waals surface area contributed by atoms with E-state index in [0.29, 0.717) is 33.7 Å². The monoisotopic (exact) mass is 463 g/mol. The minimum atomic E-state index is -0.592. The van der Waals surface area contributed by atoms with Crippen LogP contribution >= 0.6 is 22.9 Å². The van der Waals surface area contributed by atoms with Crippen LogP contribution in [-0.4, -0.2) is 10.9 Å². The van der Waals surface area contributed by atoms with Crippen LogP contribution in [0.1, 0.15) is 16.2 Å². The number of aromatic nitrogens is 1. The fraction of sp³-hybridized carbons (Fsp3) is 0.0417. The molecule has 0 radical (unpaired) electrons. The summed E-state index contributed by atoms with van der Waals surface area (Å²) in [6.07, 6.45) is 3.61. The summed E-state index contributed by atoms with van der Waals surface area (Å²) < 4.78 is 18.8. The van der Waals surface area contributed by atoms with Gasteiger partial charge in [0.25, 0.3) is 5.91 Å². The van der Waals surface area contributed by atoms with Crippen molar-refractivity contribution in [2.75, 3.05) is 5.32 Å². The third-order valence-corrected chi connectivity index (χ3v) is 5.79. The van der Waals surface area contributed by atoms with Gasteiger partial charge in [0.05, 0.1) is 0 Å². The molecule has 0 atom stereocenters. The maximum Gasteiger partial charge on any atom is 0.268 e. The number of hydrogen-bond donors (Lipinski definition) is 1. The van der Waals surface area contributed by atoms with Gasteiger partial charge in [0.15, 0.2) is 5.13 Å². The molecule has 4 rings (SSSR count). The molecule has 0 aliphatic carbocycles. The molecule has 2 aromatic heterocycles. The van der Waals surface area contributed by atoms with Crippen LogP contribution in [0.15, 0.2) is 76.9 Å². The second kappa shape index (κ2) is 9.60. The van der Waals surface area contributed by atoms with E-state index in [1.54, 1.807) is 30.5 Å². The van der Waals surface area contributed by atoms with E-state index in [-0.39, 0.29) is 11.4 Å². The minimum Gasteiger partial charge on any atom is -0.457 e. The summed E-state index contributed by atoms with van der Waals surface area (Å²) >= 11 is 7.50. The molecular weight excluding hydrogens is 449 g/mol. The number of amides is 1. The van der Waals surface area contributed by atoms with Gasteiger partial charge in [-0.15, -0.1) is 11.3 Å². The van der Waals surface area contributed by atoms with Crippen molar-refractivity contribution in [3.63, 3.8) is 0 Å². The first-order chi connectivity index (χ1) is 15.5. The highest BCUT2D eigenvalue weighted by molar-refractivity contribution is 7.15. The largest absolute Gasteiger partial charge is 0.457 e. The van der Waals surface area contributed by atoms with Crippen LogP contribution < -0.4 is 5.32 Å². The van der Waals surface area contributed by atoms with Crippen LogP contribution in [0.4, 0.5) is 9.52 Å². The van der Waals surface area contributed by atoms with E-state index >= 15 is 0 Å². The van der Waals surface area contributed by atoms with Gasteiger partial charge in [-0.3, -0.25) is 10.1 Å². The Hall–Kier alpha value is -3.73. The normalized spacial score (nSPS) is 11.2. The molecule has 1 amide bonds. The fourth-order valence-electron chi connectivity index (χ4n) is 2.93. The summed E-state index contributed by atoms with van der Waals surface area (Å²) in [6.45, 7) is 0. The van der Waals surface area contributed by atoms with Gasteiger partial charge in [-0.05, 0) is 48.0 Å². The summed E-state index contributed by atoms with van der Waals surface area (Å²) in [6, 6.07) is 18.6. The Morgan fingerprint density at radius 2 is 1.97 bits per heavy atom. The lowest BCUT2D eigenvalue weighted by Crippen LogP contribution is -2.13. The van der Waals surface area contributed by atoms with E-state index in [1.807, 2.05) is 30.3 Å². The minimum absolute atomic E-state index is 0.132. The third-order valence-electron chi connectivity index (χ3n) is 4.50. The Morgan fingerprint density at radius 3 is 2.72 bits per heavy atom. The van der Waals surface area contributed by atoms with Crippen molar-refractivity contribution >= 4 is 40.1 Å². The number of carbonyl (C=O) groups excluding carboxylic acids is 1. The SMILES string of the molecule is N#CC(=Cc1ccc(-c2ccc(F)cc2)o1)C(=O)Nc1ncc(Cc2ccccc2Cl)s1. The van der Waals surface area contributed by atoms with Crippen LogP contribution in [0.25, 0.3) is 17.4 Å². The zero-order chi connectivity index (χ0) is 22.5. The molecule has 2 aromatic carbocycles. The summed E-state index contributed by atoms with van der Waals surface area (Å²) in [4.78, 5) is 17.7. The summed E-state index contributed by atoms with van der Waals surface area (Å²) in [5, 5.41) is 13.1. The summed E-state index contributed by atoms with van der Waals surface area (Å²) in [7, 11) is 0. The van der Waals surface area contributed by atoms with Crippen molar-refractivity contribution in [3.8, 4) is 17.4 Å². The first-order valence-electron chi connectivity index (χ1n) is 9.49. The van der Waals surface area contributed by atoms with E-state index in [2.05, 4.69) is 10.3 Å². The molecular formula is C24H15ClFN3O2S. The Kier molecular flexibility index (Phi) is 6.45. The smallest absolute Gasteiger partial charge is 0.268 e. The highest BCUT2D eigenvalue weighted by atomic mass is 35.5. The number of hydrogen-bond acceptors (Lipinski definition) is 5. The second-order valence-corrected chi connectivity index (χ2v) is 8.26. The predicted molar refractivity (Wildman–Crippen MR) is 123 cm³/mol. The van der Waals surface area contributed by atoms with Gasteiger partial charge in [-0.25, -0.2) is 9.37 Å². The number of furan rings is 1. The van der Waals surface area contributed by atoms with Crippen molar-refractivity contribution in [1.29, 1.82) is 5.26 Å². The highest BCUT2D eigenvalue weighted by Crippen LogP contribution is 2.26. The Balaban J connectivity index is 1.45. The predicted octanol–water partition coefficient (Wildman–Crippen LogP) is 6.33. The highest BCUT2D eigenvalue weighted by Gasteiger charge is 2.14. The number of nitrogens with one attached hydrogen (secondary N) is 1. The Labute approximate surface area is 192 Å². The van der Waals surface area contributed by atoms with E-state index in [4.69, 9.17) is 16.0 Å². The molecule has 8 heteroatoms. The molecule has 0 aliphatic heterocycles. The zero-order valence-corrected chi connectivity index (χ0v) is 18.1. The molecule has 5 nitrogen and oxygen atoms in total. The van der Waals surface area contributed by atoms with Crippen molar-refractivity contribution in [3.05, 3.63) is 99.5 Å². The van der Waals surface area contributed by atoms with Crippen LogP contribution in [-0.2, 0) is 11.2 Å². The number of halogens is 2. The number of nitrogens with zero attached hydrogens (tertiary/aromatic N) is 2. The van der Waals surface area contributed by atoms with E-state index < -0.39 is 5.91 Å². The number of carbonyl (C=O) groups is 1. The third kappa shape index (κ3) is 5.11. The lowest BCUT2D eigenvalue weighted by Gasteiger charge is -2.01. The van der Waals surface area contributed by atoms with Crippen molar-refractivity contribution < 1.29 is 13.6 Å². The van der Waals surface area contributed by atoms with Crippen molar-refractivity contribution in [2.24, 2.45) is 0 Å². The van der Waals surface area contributed by atoms with E-state index in [9.17, 15) is 14.4 Å². The molecule has 158 valence electrons. The molecule has 0 fully saturated rings. The van der Waals surface area contributed by atoms with Gasteiger partial charge < -0.3 is 4.42 Å². The van der Waals surface area contributed by atoms with Crippen LogP contribution in [0.5, 0.6) is 0 Å². The Bertz CT molecular complexity index is 1340. The number of thiazole rings is 1. The molecule has 0 unspecified atom stereocenters. The van der Waals surface area contributed by atoms with Crippen molar-refractivity contribution in [2.45, 2.75) is 6.42 Å². The Morgan fingerprint density at radius 1 is 1.19 bits per heavy atom. The number of nitriles is 1. The fourth-order valence-corrected chi connectivity index (χ4v) is 3.96. The first kappa shape index (κ1) is 21.5. The first-order valence-corrected chi connectivity index (χ1v) is 10.7. The lowest BCUT2D eigenvalue weighted by molar-refractivity contribution is -0.112. The molecule has 0 aliphatic rings. The maximum atomic E-state index is 13.1. The molecule has 4 aromatic rings. The quantitative estimate of drug-likeness (QED) is 0.267.